The Labute approximate surface area is 195 Å². The summed E-state index contributed by atoms with van der Waals surface area (Å²) in [6.45, 7) is 6.31. The Morgan fingerprint density at radius 3 is 2.61 bits per heavy atom. The van der Waals surface area contributed by atoms with Crippen molar-refractivity contribution in [1.82, 2.24) is 14.7 Å². The van der Waals surface area contributed by atoms with Crippen LogP contribution in [-0.4, -0.2) is 53.9 Å². The van der Waals surface area contributed by atoms with E-state index in [0.29, 0.717) is 18.5 Å². The first kappa shape index (κ1) is 21.5. The van der Waals surface area contributed by atoms with Gasteiger partial charge in [0.05, 0.1) is 22.9 Å². The Bertz CT molecular complexity index is 1400. The van der Waals surface area contributed by atoms with Gasteiger partial charge >= 0.3 is 0 Å². The fourth-order valence-corrected chi connectivity index (χ4v) is 5.64. The minimum Gasteiger partial charge on any atom is -0.497 e. The maximum Gasteiger partial charge on any atom is 0.276 e. The van der Waals surface area contributed by atoms with Crippen LogP contribution in [0.3, 0.4) is 0 Å². The zero-order chi connectivity index (χ0) is 23.1. The molecule has 2 aromatic heterocycles. The lowest BCUT2D eigenvalue weighted by molar-refractivity contribution is -0.135. The lowest BCUT2D eigenvalue weighted by Crippen LogP contribution is -2.51. The first-order valence-electron chi connectivity index (χ1n) is 11.1. The van der Waals surface area contributed by atoms with Crippen molar-refractivity contribution in [2.24, 2.45) is 0 Å². The lowest BCUT2D eigenvalue weighted by Gasteiger charge is -2.37. The molecule has 0 spiro atoms. The van der Waals surface area contributed by atoms with E-state index in [0.717, 1.165) is 45.0 Å². The first-order valence-corrected chi connectivity index (χ1v) is 11.9. The molecule has 4 aromatic rings. The van der Waals surface area contributed by atoms with Crippen LogP contribution in [0.4, 0.5) is 5.69 Å². The maximum atomic E-state index is 13.4. The second-order valence-corrected chi connectivity index (χ2v) is 9.38. The first-order chi connectivity index (χ1) is 16.0. The quantitative estimate of drug-likeness (QED) is 0.461. The number of fused-ring (bicyclic) bond motifs is 3. The number of benzene rings is 2. The molecular weight excluding hydrogens is 436 g/mol. The van der Waals surface area contributed by atoms with Gasteiger partial charge in [0.2, 0.25) is 5.91 Å². The number of rotatable bonds is 4. The van der Waals surface area contributed by atoms with Gasteiger partial charge in [0.15, 0.2) is 0 Å². The maximum absolute atomic E-state index is 13.4. The third-order valence-corrected chi connectivity index (χ3v) is 7.62. The van der Waals surface area contributed by atoms with E-state index in [1.165, 1.54) is 4.68 Å². The molecule has 0 radical (unpaired) electrons. The molecule has 1 fully saturated rings. The number of hydrogen-bond acceptors (Lipinski definition) is 6. The predicted molar refractivity (Wildman–Crippen MR) is 133 cm³/mol. The van der Waals surface area contributed by atoms with Crippen molar-refractivity contribution >= 4 is 43.1 Å². The summed E-state index contributed by atoms with van der Waals surface area (Å²) >= 11 is 1.57. The summed E-state index contributed by atoms with van der Waals surface area (Å²) in [6.07, 6.45) is 0. The number of amides is 1. The molecule has 0 N–H and O–H groups in total. The second kappa shape index (κ2) is 8.51. The number of ether oxygens (including phenoxy) is 1. The van der Waals surface area contributed by atoms with E-state index in [1.807, 2.05) is 54.3 Å². The van der Waals surface area contributed by atoms with E-state index >= 15 is 0 Å². The molecule has 1 atom stereocenters. The molecule has 7 nitrogen and oxygen atoms in total. The molecule has 0 unspecified atom stereocenters. The van der Waals surface area contributed by atoms with Crippen LogP contribution in [0.5, 0.6) is 5.75 Å². The Morgan fingerprint density at radius 2 is 1.85 bits per heavy atom. The Hall–Kier alpha value is -3.39. The zero-order valence-electron chi connectivity index (χ0n) is 18.9. The van der Waals surface area contributed by atoms with Gasteiger partial charge in [-0.15, -0.1) is 11.3 Å². The summed E-state index contributed by atoms with van der Waals surface area (Å²) in [7, 11) is 1.66. The van der Waals surface area contributed by atoms with E-state index in [1.54, 1.807) is 25.4 Å². The fraction of sp³-hybridized carbons (Fsp3) is 0.320. The lowest BCUT2D eigenvalue weighted by atomic mass is 10.1. The van der Waals surface area contributed by atoms with Gasteiger partial charge in [-0.2, -0.15) is 5.10 Å². The summed E-state index contributed by atoms with van der Waals surface area (Å²) in [5.41, 5.74) is 1.65. The molecule has 1 saturated heterocycles. The van der Waals surface area contributed by atoms with Gasteiger partial charge in [0.1, 0.15) is 11.8 Å². The molecule has 33 heavy (non-hydrogen) atoms. The summed E-state index contributed by atoms with van der Waals surface area (Å²) in [6, 6.07) is 15.2. The molecule has 170 valence electrons. The van der Waals surface area contributed by atoms with Crippen LogP contribution in [0.2, 0.25) is 0 Å². The van der Waals surface area contributed by atoms with E-state index in [-0.39, 0.29) is 11.5 Å². The number of nitrogens with zero attached hydrogens (tertiary/aromatic N) is 4. The minimum absolute atomic E-state index is 0.0758. The van der Waals surface area contributed by atoms with E-state index in [9.17, 15) is 9.59 Å². The average molecular weight is 463 g/mol. The van der Waals surface area contributed by atoms with E-state index in [2.05, 4.69) is 16.1 Å². The zero-order valence-corrected chi connectivity index (χ0v) is 19.8. The molecule has 1 aliphatic heterocycles. The van der Waals surface area contributed by atoms with E-state index < -0.39 is 6.04 Å². The molecule has 0 saturated carbocycles. The largest absolute Gasteiger partial charge is 0.497 e. The van der Waals surface area contributed by atoms with Crippen LogP contribution in [-0.2, 0) is 4.79 Å². The standard InChI is InChI=1S/C25H26N4O3S/c1-16-23-22(20-9-4-5-10-21(20)33-23)25(31)29(26-16)17(2)24(30)28-13-11-27(12-14-28)18-7-6-8-19(15-18)32-3/h4-10,15,17H,11-14H2,1-3H3/t17-/m0/s1. The van der Waals surface area contributed by atoms with Crippen LogP contribution in [0.25, 0.3) is 20.2 Å². The van der Waals surface area contributed by atoms with Gasteiger partial charge in [-0.3, -0.25) is 9.59 Å². The SMILES string of the molecule is COc1cccc(N2CCN(C(=O)[C@H](C)n3nc(C)c4sc5ccccc5c4c3=O)CC2)c1. The number of piperazine rings is 1. The molecular formula is C25H26N4O3S. The normalized spacial score (nSPS) is 15.2. The summed E-state index contributed by atoms with van der Waals surface area (Å²) in [5.74, 6) is 0.741. The number of methoxy groups -OCH3 is 1. The molecule has 0 bridgehead atoms. The Morgan fingerprint density at radius 1 is 1.09 bits per heavy atom. The highest BCUT2D eigenvalue weighted by Gasteiger charge is 2.28. The van der Waals surface area contributed by atoms with Gasteiger partial charge in [-0.25, -0.2) is 4.68 Å². The number of anilines is 1. The van der Waals surface area contributed by atoms with Crippen molar-refractivity contribution in [3.63, 3.8) is 0 Å². The van der Waals surface area contributed by atoms with Crippen LogP contribution in [0, 0.1) is 6.92 Å². The molecule has 5 rings (SSSR count). The molecule has 0 aliphatic carbocycles. The van der Waals surface area contributed by atoms with Gasteiger partial charge < -0.3 is 14.5 Å². The van der Waals surface area contributed by atoms with Crippen molar-refractivity contribution < 1.29 is 9.53 Å². The predicted octanol–water partition coefficient (Wildman–Crippen LogP) is 3.84. The Balaban J connectivity index is 1.38. The summed E-state index contributed by atoms with van der Waals surface area (Å²) in [4.78, 5) is 30.8. The summed E-state index contributed by atoms with van der Waals surface area (Å²) in [5, 5.41) is 6.12. The van der Waals surface area contributed by atoms with Crippen molar-refractivity contribution in [3.8, 4) is 5.75 Å². The van der Waals surface area contributed by atoms with Crippen molar-refractivity contribution in [2.45, 2.75) is 19.9 Å². The molecule has 3 heterocycles. The van der Waals surface area contributed by atoms with Crippen LogP contribution in [0.1, 0.15) is 18.7 Å². The van der Waals surface area contributed by atoms with Crippen LogP contribution in [0.15, 0.2) is 53.3 Å². The monoisotopic (exact) mass is 462 g/mol. The van der Waals surface area contributed by atoms with Gasteiger partial charge in [-0.1, -0.05) is 24.3 Å². The highest BCUT2D eigenvalue weighted by Crippen LogP contribution is 2.33. The van der Waals surface area contributed by atoms with Gasteiger partial charge in [0.25, 0.3) is 5.56 Å². The van der Waals surface area contributed by atoms with Gasteiger partial charge in [0, 0.05) is 48.0 Å². The number of aryl methyl sites for hydroxylation is 1. The van der Waals surface area contributed by atoms with E-state index in [4.69, 9.17) is 4.74 Å². The van der Waals surface area contributed by atoms with Crippen molar-refractivity contribution in [2.75, 3.05) is 38.2 Å². The topological polar surface area (TPSA) is 67.7 Å². The van der Waals surface area contributed by atoms with Crippen molar-refractivity contribution in [3.05, 3.63) is 64.6 Å². The van der Waals surface area contributed by atoms with Crippen molar-refractivity contribution in [1.29, 1.82) is 0 Å². The fourth-order valence-electron chi connectivity index (χ4n) is 4.50. The minimum atomic E-state index is -0.664. The molecule has 1 aliphatic rings. The third kappa shape index (κ3) is 3.74. The highest BCUT2D eigenvalue weighted by atomic mass is 32.1. The van der Waals surface area contributed by atoms with Crippen LogP contribution < -0.4 is 15.2 Å². The third-order valence-electron chi connectivity index (χ3n) is 6.34. The molecule has 1 amide bonds. The number of hydrogen-bond donors (Lipinski definition) is 0. The highest BCUT2D eigenvalue weighted by molar-refractivity contribution is 7.26. The molecule has 8 heteroatoms. The van der Waals surface area contributed by atoms with Crippen LogP contribution >= 0.6 is 11.3 Å². The smallest absolute Gasteiger partial charge is 0.276 e. The summed E-state index contributed by atoms with van der Waals surface area (Å²) < 4.78 is 8.64. The Kier molecular flexibility index (Phi) is 5.54. The average Bonchev–Trinajstić information content (AvgIpc) is 3.26. The number of carbonyl (C=O) groups excluding carboxylic acids is 1. The number of thiophene rings is 1. The number of carbonyl (C=O) groups is 1. The number of aromatic nitrogens is 2. The molecule has 2 aromatic carbocycles. The second-order valence-electron chi connectivity index (χ2n) is 8.33. The van der Waals surface area contributed by atoms with Gasteiger partial charge in [-0.05, 0) is 32.0 Å².